The first-order chi connectivity index (χ1) is 11.0. The summed E-state index contributed by atoms with van der Waals surface area (Å²) in [6, 6.07) is 13.4. The third-order valence-corrected chi connectivity index (χ3v) is 4.10. The second kappa shape index (κ2) is 7.18. The van der Waals surface area contributed by atoms with Gasteiger partial charge in [0.05, 0.1) is 25.8 Å². The second-order valence-electron chi connectivity index (χ2n) is 5.57. The Morgan fingerprint density at radius 1 is 1.04 bits per heavy atom. The van der Waals surface area contributed by atoms with Crippen LogP contribution in [0.4, 0.5) is 0 Å². The minimum atomic E-state index is -0.103. The molecule has 2 rings (SSSR count). The number of amides is 1. The summed E-state index contributed by atoms with van der Waals surface area (Å²) >= 11 is 0. The lowest BCUT2D eigenvalue weighted by molar-refractivity contribution is 0.0739. The van der Waals surface area contributed by atoms with Crippen molar-refractivity contribution in [3.8, 4) is 11.5 Å². The number of benzene rings is 2. The lowest BCUT2D eigenvalue weighted by Crippen LogP contribution is -2.30. The summed E-state index contributed by atoms with van der Waals surface area (Å²) in [6.45, 7) is 4.06. The van der Waals surface area contributed by atoms with Crippen molar-refractivity contribution in [3.05, 3.63) is 59.2 Å². The van der Waals surface area contributed by atoms with Gasteiger partial charge in [-0.3, -0.25) is 4.79 Å². The number of carbonyl (C=O) groups is 1. The molecule has 1 atom stereocenters. The van der Waals surface area contributed by atoms with Crippen LogP contribution in [-0.2, 0) is 0 Å². The monoisotopic (exact) mass is 313 g/mol. The number of carbonyl (C=O) groups excluding carboxylic acids is 1. The summed E-state index contributed by atoms with van der Waals surface area (Å²) in [5.74, 6) is 1.07. The van der Waals surface area contributed by atoms with E-state index in [-0.39, 0.29) is 11.9 Å². The minimum absolute atomic E-state index is 0.0426. The van der Waals surface area contributed by atoms with Crippen LogP contribution in [0.15, 0.2) is 42.5 Å². The molecular weight excluding hydrogens is 290 g/mol. The van der Waals surface area contributed by atoms with E-state index < -0.39 is 0 Å². The fraction of sp³-hybridized carbons (Fsp3) is 0.316. The van der Waals surface area contributed by atoms with Crippen LogP contribution in [0.25, 0.3) is 0 Å². The van der Waals surface area contributed by atoms with Crippen LogP contribution in [-0.4, -0.2) is 32.1 Å². The van der Waals surface area contributed by atoms with Crippen LogP contribution in [0.1, 0.15) is 34.5 Å². The van der Waals surface area contributed by atoms with Gasteiger partial charge in [-0.25, -0.2) is 0 Å². The van der Waals surface area contributed by atoms with Crippen molar-refractivity contribution in [1.29, 1.82) is 0 Å². The van der Waals surface area contributed by atoms with Crippen LogP contribution < -0.4 is 9.47 Å². The highest BCUT2D eigenvalue weighted by molar-refractivity contribution is 5.97. The van der Waals surface area contributed by atoms with E-state index in [2.05, 4.69) is 12.1 Å². The van der Waals surface area contributed by atoms with Gasteiger partial charge in [0.25, 0.3) is 5.91 Å². The van der Waals surface area contributed by atoms with Gasteiger partial charge >= 0.3 is 0 Å². The van der Waals surface area contributed by atoms with E-state index >= 15 is 0 Å². The Hall–Kier alpha value is -2.49. The molecule has 0 aliphatic heterocycles. The molecule has 0 radical (unpaired) electrons. The van der Waals surface area contributed by atoms with Crippen LogP contribution >= 0.6 is 0 Å². The smallest absolute Gasteiger partial charge is 0.258 e. The molecule has 0 heterocycles. The highest BCUT2D eigenvalue weighted by Crippen LogP contribution is 2.28. The van der Waals surface area contributed by atoms with E-state index in [1.165, 1.54) is 5.56 Å². The predicted octanol–water partition coefficient (Wildman–Crippen LogP) is 3.85. The Morgan fingerprint density at radius 3 is 2.26 bits per heavy atom. The highest BCUT2D eigenvalue weighted by atomic mass is 16.5. The molecule has 2 aromatic carbocycles. The molecule has 1 unspecified atom stereocenters. The first-order valence-electron chi connectivity index (χ1n) is 7.53. The van der Waals surface area contributed by atoms with E-state index in [0.29, 0.717) is 17.1 Å². The van der Waals surface area contributed by atoms with Crippen molar-refractivity contribution < 1.29 is 14.3 Å². The lowest BCUT2D eigenvalue weighted by Gasteiger charge is -2.26. The Kier molecular flexibility index (Phi) is 5.27. The Morgan fingerprint density at radius 2 is 1.70 bits per heavy atom. The molecule has 4 heteroatoms. The lowest BCUT2D eigenvalue weighted by atomic mass is 10.0. The molecular formula is C19H23NO3. The van der Waals surface area contributed by atoms with Crippen molar-refractivity contribution in [2.75, 3.05) is 21.3 Å². The van der Waals surface area contributed by atoms with Gasteiger partial charge in [-0.15, -0.1) is 0 Å². The largest absolute Gasteiger partial charge is 0.497 e. The predicted molar refractivity (Wildman–Crippen MR) is 91.2 cm³/mol. The van der Waals surface area contributed by atoms with E-state index in [9.17, 15) is 4.79 Å². The molecule has 122 valence electrons. The zero-order valence-electron chi connectivity index (χ0n) is 14.3. The Balaban J connectivity index is 2.30. The number of rotatable bonds is 5. The van der Waals surface area contributed by atoms with E-state index in [0.717, 1.165) is 5.56 Å². The quantitative estimate of drug-likeness (QED) is 0.841. The maximum absolute atomic E-state index is 12.9. The van der Waals surface area contributed by atoms with Crippen LogP contribution in [0.2, 0.25) is 0 Å². The molecule has 0 spiro atoms. The molecule has 0 saturated heterocycles. The molecule has 4 nitrogen and oxygen atoms in total. The number of ether oxygens (including phenoxy) is 2. The summed E-state index contributed by atoms with van der Waals surface area (Å²) in [5, 5.41) is 0. The average Bonchev–Trinajstić information content (AvgIpc) is 2.59. The van der Waals surface area contributed by atoms with E-state index in [1.807, 2.05) is 26.0 Å². The van der Waals surface area contributed by atoms with Crippen LogP contribution in [0.5, 0.6) is 11.5 Å². The molecule has 0 saturated carbocycles. The molecule has 23 heavy (non-hydrogen) atoms. The topological polar surface area (TPSA) is 38.8 Å². The number of nitrogens with zero attached hydrogens (tertiary/aromatic N) is 1. The molecule has 0 bridgehead atoms. The first-order valence-corrected chi connectivity index (χ1v) is 7.53. The Labute approximate surface area is 137 Å². The second-order valence-corrected chi connectivity index (χ2v) is 5.57. The average molecular weight is 313 g/mol. The highest BCUT2D eigenvalue weighted by Gasteiger charge is 2.22. The van der Waals surface area contributed by atoms with Crippen LogP contribution in [0, 0.1) is 6.92 Å². The van der Waals surface area contributed by atoms with Crippen molar-refractivity contribution in [2.24, 2.45) is 0 Å². The molecule has 0 aliphatic carbocycles. The molecule has 0 fully saturated rings. The minimum Gasteiger partial charge on any atom is -0.497 e. The maximum Gasteiger partial charge on any atom is 0.258 e. The fourth-order valence-corrected chi connectivity index (χ4v) is 2.42. The number of aryl methyl sites for hydroxylation is 1. The molecule has 1 amide bonds. The van der Waals surface area contributed by atoms with Crippen molar-refractivity contribution in [3.63, 3.8) is 0 Å². The summed E-state index contributed by atoms with van der Waals surface area (Å²) in [6.07, 6.45) is 0. The normalized spacial score (nSPS) is 11.7. The zero-order valence-corrected chi connectivity index (χ0v) is 14.3. The maximum atomic E-state index is 12.9. The molecule has 2 aromatic rings. The first kappa shape index (κ1) is 16.9. The number of methoxy groups -OCH3 is 2. The van der Waals surface area contributed by atoms with Gasteiger partial charge in [-0.05, 0) is 37.6 Å². The van der Waals surface area contributed by atoms with Gasteiger partial charge in [-0.1, -0.05) is 29.8 Å². The van der Waals surface area contributed by atoms with Gasteiger partial charge in [0, 0.05) is 7.05 Å². The Bertz CT molecular complexity index is 680. The third kappa shape index (κ3) is 3.65. The number of hydrogen-bond acceptors (Lipinski definition) is 3. The summed E-state index contributed by atoms with van der Waals surface area (Å²) in [5.41, 5.74) is 2.78. The summed E-state index contributed by atoms with van der Waals surface area (Å²) in [7, 11) is 4.93. The fourth-order valence-electron chi connectivity index (χ4n) is 2.42. The van der Waals surface area contributed by atoms with E-state index in [1.54, 1.807) is 44.4 Å². The third-order valence-electron chi connectivity index (χ3n) is 4.10. The van der Waals surface area contributed by atoms with Crippen molar-refractivity contribution >= 4 is 5.91 Å². The summed E-state index contributed by atoms with van der Waals surface area (Å²) < 4.78 is 10.5. The molecule has 0 aromatic heterocycles. The van der Waals surface area contributed by atoms with Crippen molar-refractivity contribution in [1.82, 2.24) is 4.90 Å². The molecule has 0 aliphatic rings. The van der Waals surface area contributed by atoms with Gasteiger partial charge in [0.1, 0.15) is 11.5 Å². The van der Waals surface area contributed by atoms with E-state index in [4.69, 9.17) is 9.47 Å². The summed E-state index contributed by atoms with van der Waals surface area (Å²) in [4.78, 5) is 14.6. The van der Waals surface area contributed by atoms with Gasteiger partial charge in [-0.2, -0.15) is 0 Å². The number of hydrogen-bond donors (Lipinski definition) is 0. The molecule has 0 N–H and O–H groups in total. The van der Waals surface area contributed by atoms with Crippen LogP contribution in [0.3, 0.4) is 0 Å². The van der Waals surface area contributed by atoms with Gasteiger partial charge < -0.3 is 14.4 Å². The van der Waals surface area contributed by atoms with Gasteiger partial charge in [0.15, 0.2) is 0 Å². The SMILES string of the molecule is COc1ccc(OC)c(C(=O)N(C)C(C)c2ccc(C)cc2)c1. The zero-order chi connectivity index (χ0) is 17.0. The van der Waals surface area contributed by atoms with Gasteiger partial charge in [0.2, 0.25) is 0 Å². The van der Waals surface area contributed by atoms with Crippen molar-refractivity contribution in [2.45, 2.75) is 19.9 Å². The standard InChI is InChI=1S/C19H23NO3/c1-13-6-8-15(9-7-13)14(2)20(3)19(21)17-12-16(22-4)10-11-18(17)23-5/h6-12,14H,1-5H3.